The Bertz CT molecular complexity index is 699. The van der Waals surface area contributed by atoms with E-state index in [4.69, 9.17) is 5.73 Å². The lowest BCUT2D eigenvalue weighted by atomic mass is 10.1. The molecule has 4 N–H and O–H groups in total. The molecular weight excluding hydrogens is 238 g/mol. The third-order valence-electron chi connectivity index (χ3n) is 3.00. The molecule has 0 radical (unpaired) electrons. The number of nitrogens with two attached hydrogens (primary N) is 1. The zero-order valence-corrected chi connectivity index (χ0v) is 10.6. The van der Waals surface area contributed by atoms with Crippen LogP contribution in [0.1, 0.15) is 11.4 Å². The number of aromatic amines is 1. The second-order valence-electron chi connectivity index (χ2n) is 4.42. The van der Waals surface area contributed by atoms with Gasteiger partial charge in [0.25, 0.3) is 0 Å². The van der Waals surface area contributed by atoms with Crippen molar-refractivity contribution in [2.45, 2.75) is 6.42 Å². The van der Waals surface area contributed by atoms with Crippen LogP contribution in [0.5, 0.6) is 0 Å². The molecule has 0 unspecified atom stereocenters. The van der Waals surface area contributed by atoms with Gasteiger partial charge in [0.2, 0.25) is 0 Å². The van der Waals surface area contributed by atoms with Crippen molar-refractivity contribution in [2.24, 2.45) is 0 Å². The van der Waals surface area contributed by atoms with Gasteiger partial charge in [-0.25, -0.2) is 9.97 Å². The van der Waals surface area contributed by atoms with Crippen molar-refractivity contribution in [3.8, 4) is 0 Å². The Morgan fingerprint density at radius 2 is 1.89 bits per heavy atom. The normalized spacial score (nSPS) is 10.8. The molecule has 1 aromatic carbocycles. The van der Waals surface area contributed by atoms with Gasteiger partial charge in [-0.15, -0.1) is 0 Å². The number of H-pyrrole nitrogens is 1. The number of nitrogens with one attached hydrogen (secondary N) is 2. The maximum absolute atomic E-state index is 5.67. The van der Waals surface area contributed by atoms with Crippen LogP contribution in [0.3, 0.4) is 0 Å². The Labute approximate surface area is 110 Å². The predicted octanol–water partition coefficient (Wildman–Crippen LogP) is 2.17. The van der Waals surface area contributed by atoms with Crippen LogP contribution in [0.25, 0.3) is 11.2 Å². The number of hydrogen-bond donors (Lipinski definition) is 3. The van der Waals surface area contributed by atoms with Crippen LogP contribution in [0, 0.1) is 0 Å². The lowest BCUT2D eigenvalue weighted by molar-refractivity contribution is 1.03. The first kappa shape index (κ1) is 11.5. The number of nitrogen functional groups attached to an aromatic ring is 1. The molecule has 3 rings (SSSR count). The average molecular weight is 253 g/mol. The summed E-state index contributed by atoms with van der Waals surface area (Å²) in [5, 5.41) is 3.01. The summed E-state index contributed by atoms with van der Waals surface area (Å²) in [6.07, 6.45) is 0.742. The molecule has 0 saturated heterocycles. The molecule has 2 aromatic heterocycles. The first-order valence-corrected chi connectivity index (χ1v) is 6.12. The third kappa shape index (κ3) is 2.35. The van der Waals surface area contributed by atoms with Gasteiger partial charge < -0.3 is 16.0 Å². The molecule has 19 heavy (non-hydrogen) atoms. The van der Waals surface area contributed by atoms with Crippen LogP contribution < -0.4 is 11.1 Å². The largest absolute Gasteiger partial charge is 0.399 e. The van der Waals surface area contributed by atoms with Gasteiger partial charge in [-0.3, -0.25) is 0 Å². The maximum Gasteiger partial charge on any atom is 0.179 e. The van der Waals surface area contributed by atoms with Crippen LogP contribution in [0.2, 0.25) is 0 Å². The van der Waals surface area contributed by atoms with Crippen LogP contribution in [0.4, 0.5) is 11.5 Å². The highest BCUT2D eigenvalue weighted by Crippen LogP contribution is 2.15. The summed E-state index contributed by atoms with van der Waals surface area (Å²) in [5.41, 5.74) is 9.30. The van der Waals surface area contributed by atoms with Crippen molar-refractivity contribution < 1.29 is 0 Å². The van der Waals surface area contributed by atoms with Gasteiger partial charge in [-0.1, -0.05) is 12.1 Å². The van der Waals surface area contributed by atoms with E-state index in [1.807, 2.05) is 43.4 Å². The van der Waals surface area contributed by atoms with Gasteiger partial charge in [0.1, 0.15) is 11.6 Å². The number of hydrogen-bond acceptors (Lipinski definition) is 4. The molecule has 5 heteroatoms. The Hall–Kier alpha value is -2.56. The highest BCUT2D eigenvalue weighted by molar-refractivity contribution is 5.72. The summed E-state index contributed by atoms with van der Waals surface area (Å²) >= 11 is 0. The number of rotatable bonds is 3. The molecule has 0 saturated carbocycles. The summed E-state index contributed by atoms with van der Waals surface area (Å²) in [6, 6.07) is 11.7. The summed E-state index contributed by atoms with van der Waals surface area (Å²) < 4.78 is 0. The summed E-state index contributed by atoms with van der Waals surface area (Å²) in [6.45, 7) is 0. The first-order chi connectivity index (χ1) is 9.24. The smallest absolute Gasteiger partial charge is 0.179 e. The fourth-order valence-corrected chi connectivity index (χ4v) is 1.99. The van der Waals surface area contributed by atoms with E-state index in [9.17, 15) is 0 Å². The van der Waals surface area contributed by atoms with E-state index in [-0.39, 0.29) is 0 Å². The molecule has 0 aliphatic rings. The Kier molecular flexibility index (Phi) is 2.79. The fourth-order valence-electron chi connectivity index (χ4n) is 1.99. The number of imidazole rings is 1. The first-order valence-electron chi connectivity index (χ1n) is 6.12. The predicted molar refractivity (Wildman–Crippen MR) is 77.1 cm³/mol. The van der Waals surface area contributed by atoms with Crippen LogP contribution >= 0.6 is 0 Å². The summed E-state index contributed by atoms with van der Waals surface area (Å²) in [5.74, 6) is 1.72. The highest BCUT2D eigenvalue weighted by Gasteiger charge is 2.05. The van der Waals surface area contributed by atoms with E-state index in [1.165, 1.54) is 5.56 Å². The van der Waals surface area contributed by atoms with Crippen molar-refractivity contribution in [3.05, 3.63) is 47.8 Å². The van der Waals surface area contributed by atoms with E-state index in [1.54, 1.807) is 0 Å². The number of nitrogens with zero attached hydrogens (tertiary/aromatic N) is 2. The molecule has 0 amide bonds. The molecule has 3 aromatic rings. The molecule has 96 valence electrons. The molecular formula is C14H15N5. The summed E-state index contributed by atoms with van der Waals surface area (Å²) in [4.78, 5) is 12.2. The van der Waals surface area contributed by atoms with Crippen molar-refractivity contribution in [3.63, 3.8) is 0 Å². The molecule has 0 spiro atoms. The second-order valence-corrected chi connectivity index (χ2v) is 4.42. The molecule has 0 aliphatic heterocycles. The molecule has 0 atom stereocenters. The molecule has 0 bridgehead atoms. The topological polar surface area (TPSA) is 79.6 Å². The number of pyridine rings is 1. The van der Waals surface area contributed by atoms with Crippen molar-refractivity contribution in [2.75, 3.05) is 18.1 Å². The van der Waals surface area contributed by atoms with Crippen molar-refractivity contribution >= 4 is 22.7 Å². The van der Waals surface area contributed by atoms with Gasteiger partial charge in [-0.2, -0.15) is 0 Å². The van der Waals surface area contributed by atoms with Crippen LogP contribution in [0.15, 0.2) is 36.4 Å². The number of benzene rings is 1. The van der Waals surface area contributed by atoms with Crippen LogP contribution in [-0.2, 0) is 6.42 Å². The van der Waals surface area contributed by atoms with Crippen molar-refractivity contribution in [1.82, 2.24) is 15.0 Å². The van der Waals surface area contributed by atoms with Gasteiger partial charge in [-0.05, 0) is 29.8 Å². The molecule has 5 nitrogen and oxygen atoms in total. The van der Waals surface area contributed by atoms with E-state index in [0.29, 0.717) is 0 Å². The van der Waals surface area contributed by atoms with Gasteiger partial charge in [0.05, 0.1) is 5.52 Å². The highest BCUT2D eigenvalue weighted by atomic mass is 15.0. The van der Waals surface area contributed by atoms with Gasteiger partial charge in [0.15, 0.2) is 5.65 Å². The Balaban J connectivity index is 1.90. The Morgan fingerprint density at radius 3 is 2.63 bits per heavy atom. The SMILES string of the molecule is CNc1ccc2[nH]c(Cc3ccc(N)cc3)nc2n1. The molecule has 2 heterocycles. The third-order valence-corrected chi connectivity index (χ3v) is 3.00. The lowest BCUT2D eigenvalue weighted by Crippen LogP contribution is -1.92. The molecule has 0 fully saturated rings. The number of aromatic nitrogens is 3. The minimum absolute atomic E-state index is 0.734. The average Bonchev–Trinajstić information content (AvgIpc) is 2.82. The van der Waals surface area contributed by atoms with Gasteiger partial charge in [0, 0.05) is 19.2 Å². The number of anilines is 2. The number of fused-ring (bicyclic) bond motifs is 1. The van der Waals surface area contributed by atoms with E-state index in [0.717, 1.165) is 34.9 Å². The van der Waals surface area contributed by atoms with Gasteiger partial charge >= 0.3 is 0 Å². The standard InChI is InChI=1S/C14H15N5/c1-16-12-7-6-11-14(18-12)19-13(17-11)8-9-2-4-10(15)5-3-9/h2-7H,8,15H2,1H3,(H2,16,17,18,19). The quantitative estimate of drug-likeness (QED) is 0.625. The minimum Gasteiger partial charge on any atom is -0.399 e. The maximum atomic E-state index is 5.67. The molecule has 0 aliphatic carbocycles. The second kappa shape index (κ2) is 4.61. The Morgan fingerprint density at radius 1 is 1.11 bits per heavy atom. The monoisotopic (exact) mass is 253 g/mol. The minimum atomic E-state index is 0.734. The zero-order chi connectivity index (χ0) is 13.2. The van der Waals surface area contributed by atoms with E-state index in [2.05, 4.69) is 20.3 Å². The lowest BCUT2D eigenvalue weighted by Gasteiger charge is -1.98. The zero-order valence-electron chi connectivity index (χ0n) is 10.6. The van der Waals surface area contributed by atoms with Crippen molar-refractivity contribution in [1.29, 1.82) is 0 Å². The van der Waals surface area contributed by atoms with Crippen LogP contribution in [-0.4, -0.2) is 22.0 Å². The van der Waals surface area contributed by atoms with E-state index >= 15 is 0 Å². The summed E-state index contributed by atoms with van der Waals surface area (Å²) in [7, 11) is 1.84. The van der Waals surface area contributed by atoms with E-state index < -0.39 is 0 Å². The fraction of sp³-hybridized carbons (Fsp3) is 0.143.